The number of aliphatic hydroxyl groups excluding tert-OH is 4. The maximum Gasteiger partial charge on any atom is 0.0785 e. The van der Waals surface area contributed by atoms with Gasteiger partial charge in [0.25, 0.3) is 0 Å². The van der Waals surface area contributed by atoms with Crippen LogP contribution in [0.25, 0.3) is 0 Å². The van der Waals surface area contributed by atoms with E-state index in [1.807, 2.05) is 13.8 Å². The van der Waals surface area contributed by atoms with Crippen LogP contribution < -0.4 is 11.5 Å². The second kappa shape index (κ2) is 13.2. The first kappa shape index (κ1) is 20.1. The second-order valence-corrected chi connectivity index (χ2v) is 4.48. The Bertz CT molecular complexity index is 138. The molecular weight excluding hydrogens is 236 g/mol. The first-order chi connectivity index (χ1) is 8.40. The standard InChI is InChI=1S/2C6H15NO2/c2*1-2-5(7)3-6(9)4-8/h2*5-6,8-9H,2-4,7H2,1H3. The highest BCUT2D eigenvalue weighted by atomic mass is 16.3. The summed E-state index contributed by atoms with van der Waals surface area (Å²) in [5.41, 5.74) is 11.0. The molecule has 0 bridgehead atoms. The predicted molar refractivity (Wildman–Crippen MR) is 72.0 cm³/mol. The first-order valence-corrected chi connectivity index (χ1v) is 6.50. The molecule has 4 unspecified atom stereocenters. The molecule has 0 saturated heterocycles. The van der Waals surface area contributed by atoms with E-state index in [1.54, 1.807) is 0 Å². The highest BCUT2D eigenvalue weighted by Crippen LogP contribution is 1.98. The minimum absolute atomic E-state index is 0.0205. The average molecular weight is 266 g/mol. The Labute approximate surface area is 110 Å². The van der Waals surface area contributed by atoms with Gasteiger partial charge in [0.1, 0.15) is 0 Å². The highest BCUT2D eigenvalue weighted by Gasteiger charge is 2.07. The molecule has 0 aromatic rings. The molecule has 4 atom stereocenters. The van der Waals surface area contributed by atoms with Crippen LogP contribution in [0.4, 0.5) is 0 Å². The van der Waals surface area contributed by atoms with Crippen LogP contribution in [0.1, 0.15) is 39.5 Å². The van der Waals surface area contributed by atoms with Crippen molar-refractivity contribution in [3.63, 3.8) is 0 Å². The molecule has 0 radical (unpaired) electrons. The fourth-order valence-corrected chi connectivity index (χ4v) is 1.18. The van der Waals surface area contributed by atoms with E-state index in [9.17, 15) is 0 Å². The normalized spacial score (nSPS) is 17.3. The molecule has 0 heterocycles. The van der Waals surface area contributed by atoms with Crippen LogP contribution in [-0.4, -0.2) is 57.9 Å². The highest BCUT2D eigenvalue weighted by molar-refractivity contribution is 4.64. The molecule has 112 valence electrons. The van der Waals surface area contributed by atoms with Gasteiger partial charge in [-0.2, -0.15) is 0 Å². The van der Waals surface area contributed by atoms with Gasteiger partial charge in [0, 0.05) is 12.1 Å². The summed E-state index contributed by atoms with van der Waals surface area (Å²) in [5, 5.41) is 34.4. The zero-order valence-corrected chi connectivity index (χ0v) is 11.5. The van der Waals surface area contributed by atoms with Crippen LogP contribution in [-0.2, 0) is 0 Å². The van der Waals surface area contributed by atoms with Crippen molar-refractivity contribution in [1.29, 1.82) is 0 Å². The Morgan fingerprint density at radius 1 is 0.778 bits per heavy atom. The van der Waals surface area contributed by atoms with Crippen LogP contribution >= 0.6 is 0 Å². The zero-order chi connectivity index (χ0) is 14.6. The van der Waals surface area contributed by atoms with Gasteiger partial charge in [-0.3, -0.25) is 0 Å². The molecule has 0 aromatic heterocycles. The first-order valence-electron chi connectivity index (χ1n) is 6.50. The third-order valence-corrected chi connectivity index (χ3v) is 2.62. The van der Waals surface area contributed by atoms with Crippen molar-refractivity contribution in [2.75, 3.05) is 13.2 Å². The Morgan fingerprint density at radius 3 is 1.22 bits per heavy atom. The van der Waals surface area contributed by atoms with Gasteiger partial charge in [-0.05, 0) is 25.7 Å². The van der Waals surface area contributed by atoms with Crippen LogP contribution in [0.2, 0.25) is 0 Å². The van der Waals surface area contributed by atoms with E-state index in [0.717, 1.165) is 12.8 Å². The average Bonchev–Trinajstić information content (AvgIpc) is 2.38. The lowest BCUT2D eigenvalue weighted by atomic mass is 10.1. The topological polar surface area (TPSA) is 133 Å². The third-order valence-electron chi connectivity index (χ3n) is 2.62. The fraction of sp³-hybridized carbons (Fsp3) is 1.00. The zero-order valence-electron chi connectivity index (χ0n) is 11.5. The molecule has 6 nitrogen and oxygen atoms in total. The van der Waals surface area contributed by atoms with E-state index in [0.29, 0.717) is 12.8 Å². The van der Waals surface area contributed by atoms with E-state index in [2.05, 4.69) is 0 Å². The smallest absolute Gasteiger partial charge is 0.0785 e. The quantitative estimate of drug-likeness (QED) is 0.331. The lowest BCUT2D eigenvalue weighted by molar-refractivity contribution is 0.0822. The van der Waals surface area contributed by atoms with Crippen LogP contribution in [0.5, 0.6) is 0 Å². The number of hydrogen-bond acceptors (Lipinski definition) is 6. The Hall–Kier alpha value is -0.240. The van der Waals surface area contributed by atoms with Crippen LogP contribution in [0.3, 0.4) is 0 Å². The lowest BCUT2D eigenvalue weighted by Gasteiger charge is -2.11. The maximum absolute atomic E-state index is 8.83. The molecule has 0 aromatic carbocycles. The van der Waals surface area contributed by atoms with Crippen molar-refractivity contribution in [3.8, 4) is 0 Å². The van der Waals surface area contributed by atoms with Crippen molar-refractivity contribution in [3.05, 3.63) is 0 Å². The van der Waals surface area contributed by atoms with E-state index < -0.39 is 12.2 Å². The monoisotopic (exact) mass is 266 g/mol. The van der Waals surface area contributed by atoms with Gasteiger partial charge in [-0.25, -0.2) is 0 Å². The predicted octanol–water partition coefficient (Wildman–Crippen LogP) is -1.07. The largest absolute Gasteiger partial charge is 0.394 e. The summed E-state index contributed by atoms with van der Waals surface area (Å²) in [6, 6.07) is 0.0410. The van der Waals surface area contributed by atoms with Gasteiger partial charge in [-0.1, -0.05) is 13.8 Å². The summed E-state index contributed by atoms with van der Waals surface area (Å²) in [4.78, 5) is 0. The molecule has 0 aliphatic heterocycles. The molecule has 0 amide bonds. The van der Waals surface area contributed by atoms with Gasteiger partial charge in [0.2, 0.25) is 0 Å². The summed E-state index contributed by atoms with van der Waals surface area (Å²) in [6.45, 7) is 3.53. The minimum atomic E-state index is -0.639. The Morgan fingerprint density at radius 2 is 1.06 bits per heavy atom. The van der Waals surface area contributed by atoms with Crippen molar-refractivity contribution < 1.29 is 20.4 Å². The maximum atomic E-state index is 8.83. The van der Waals surface area contributed by atoms with E-state index in [1.165, 1.54) is 0 Å². The number of rotatable bonds is 8. The number of hydrogen-bond donors (Lipinski definition) is 6. The number of nitrogens with two attached hydrogens (primary N) is 2. The third kappa shape index (κ3) is 13.8. The molecule has 0 rings (SSSR count). The van der Waals surface area contributed by atoms with E-state index >= 15 is 0 Å². The van der Waals surface area contributed by atoms with Crippen molar-refractivity contribution in [1.82, 2.24) is 0 Å². The molecular formula is C12H30N2O4. The van der Waals surface area contributed by atoms with Crippen molar-refractivity contribution in [2.24, 2.45) is 11.5 Å². The van der Waals surface area contributed by atoms with Gasteiger partial charge >= 0.3 is 0 Å². The molecule has 6 heteroatoms. The molecule has 0 aliphatic carbocycles. The lowest BCUT2D eigenvalue weighted by Crippen LogP contribution is -2.27. The van der Waals surface area contributed by atoms with Gasteiger partial charge < -0.3 is 31.9 Å². The van der Waals surface area contributed by atoms with Gasteiger partial charge in [-0.15, -0.1) is 0 Å². The SMILES string of the molecule is CCC(N)CC(O)CO.CCC(N)CC(O)CO. The number of aliphatic hydroxyl groups is 4. The molecule has 0 spiro atoms. The summed E-state index contributed by atoms with van der Waals surface area (Å²) in [5.74, 6) is 0. The van der Waals surface area contributed by atoms with E-state index in [-0.39, 0.29) is 25.3 Å². The van der Waals surface area contributed by atoms with Gasteiger partial charge in [0.05, 0.1) is 25.4 Å². The van der Waals surface area contributed by atoms with Gasteiger partial charge in [0.15, 0.2) is 0 Å². The molecule has 0 fully saturated rings. The minimum Gasteiger partial charge on any atom is -0.394 e. The van der Waals surface area contributed by atoms with Crippen molar-refractivity contribution in [2.45, 2.75) is 63.8 Å². The van der Waals surface area contributed by atoms with Crippen LogP contribution in [0, 0.1) is 0 Å². The summed E-state index contributed by atoms with van der Waals surface area (Å²) in [7, 11) is 0. The second-order valence-electron chi connectivity index (χ2n) is 4.48. The van der Waals surface area contributed by atoms with E-state index in [4.69, 9.17) is 31.9 Å². The summed E-state index contributed by atoms with van der Waals surface area (Å²) in [6.07, 6.45) is 1.40. The Balaban J connectivity index is 0. The molecule has 0 aliphatic rings. The molecule has 18 heavy (non-hydrogen) atoms. The summed E-state index contributed by atoms with van der Waals surface area (Å²) >= 11 is 0. The Kier molecular flexibility index (Phi) is 14.7. The van der Waals surface area contributed by atoms with Crippen LogP contribution in [0.15, 0.2) is 0 Å². The molecule has 8 N–H and O–H groups in total. The summed E-state index contributed by atoms with van der Waals surface area (Å²) < 4.78 is 0. The van der Waals surface area contributed by atoms with Crippen molar-refractivity contribution >= 4 is 0 Å². The molecule has 0 saturated carbocycles. The fourth-order valence-electron chi connectivity index (χ4n) is 1.18.